The van der Waals surface area contributed by atoms with Crippen LogP contribution in [0.2, 0.25) is 0 Å². The van der Waals surface area contributed by atoms with Crippen molar-refractivity contribution in [3.63, 3.8) is 0 Å². The predicted octanol–water partition coefficient (Wildman–Crippen LogP) is 4.35. The summed E-state index contributed by atoms with van der Waals surface area (Å²) in [5, 5.41) is 2.87. The second-order valence-electron chi connectivity index (χ2n) is 4.19. The molecular formula is C14H12Br2N2O. The molecule has 3 nitrogen and oxygen atoms in total. The van der Waals surface area contributed by atoms with Gasteiger partial charge in [0.2, 0.25) is 0 Å². The van der Waals surface area contributed by atoms with E-state index in [1.165, 1.54) is 0 Å². The minimum atomic E-state index is -0.182. The Morgan fingerprint density at radius 2 is 1.84 bits per heavy atom. The van der Waals surface area contributed by atoms with E-state index in [-0.39, 0.29) is 5.91 Å². The molecule has 0 radical (unpaired) electrons. The Bertz CT molecular complexity index is 621. The molecule has 3 N–H and O–H groups in total. The quantitative estimate of drug-likeness (QED) is 0.757. The van der Waals surface area contributed by atoms with Crippen LogP contribution in [0.3, 0.4) is 0 Å². The summed E-state index contributed by atoms with van der Waals surface area (Å²) in [7, 11) is 0. The molecule has 0 spiro atoms. The summed E-state index contributed by atoms with van der Waals surface area (Å²) < 4.78 is 1.76. The monoisotopic (exact) mass is 382 g/mol. The molecule has 98 valence electrons. The first-order valence-electron chi connectivity index (χ1n) is 5.59. The smallest absolute Gasteiger partial charge is 0.255 e. The summed E-state index contributed by atoms with van der Waals surface area (Å²) in [5.74, 6) is -0.182. The lowest BCUT2D eigenvalue weighted by molar-refractivity contribution is 0.102. The molecule has 2 aromatic rings. The van der Waals surface area contributed by atoms with Crippen molar-refractivity contribution in [2.24, 2.45) is 0 Å². The highest BCUT2D eigenvalue weighted by Crippen LogP contribution is 2.22. The van der Waals surface area contributed by atoms with Gasteiger partial charge in [-0.1, -0.05) is 31.9 Å². The van der Waals surface area contributed by atoms with Crippen LogP contribution in [-0.4, -0.2) is 5.91 Å². The first kappa shape index (κ1) is 14.1. The number of nitrogens with two attached hydrogens (primary N) is 1. The lowest BCUT2D eigenvalue weighted by atomic mass is 10.1. The molecule has 0 aliphatic carbocycles. The van der Waals surface area contributed by atoms with E-state index in [2.05, 4.69) is 37.2 Å². The first-order valence-corrected chi connectivity index (χ1v) is 7.18. The molecule has 0 heterocycles. The van der Waals surface area contributed by atoms with Crippen molar-refractivity contribution >= 4 is 49.1 Å². The lowest BCUT2D eigenvalue weighted by Gasteiger charge is -2.09. The number of anilines is 2. The topological polar surface area (TPSA) is 55.1 Å². The number of halogens is 2. The highest BCUT2D eigenvalue weighted by atomic mass is 79.9. The van der Waals surface area contributed by atoms with Crippen molar-refractivity contribution < 1.29 is 4.79 Å². The zero-order valence-electron chi connectivity index (χ0n) is 10.2. The maximum Gasteiger partial charge on any atom is 0.255 e. The number of aryl methyl sites for hydroxylation is 1. The third kappa shape index (κ3) is 3.58. The molecule has 0 aliphatic rings. The number of carbonyl (C=O) groups excluding carboxylic acids is 1. The number of nitrogen functional groups attached to an aromatic ring is 1. The predicted molar refractivity (Wildman–Crippen MR) is 85.4 cm³/mol. The maximum atomic E-state index is 12.2. The molecule has 0 aliphatic heterocycles. The standard InChI is InChI=1S/C14H12Br2N2O/c1-8-4-10(15)2-3-13(8)18-14(19)9-5-11(16)7-12(17)6-9/h2-7H,17H2,1H3,(H,18,19). The number of benzene rings is 2. The Hall–Kier alpha value is -1.33. The van der Waals surface area contributed by atoms with Crippen molar-refractivity contribution in [3.05, 3.63) is 56.5 Å². The number of carbonyl (C=O) groups is 1. The van der Waals surface area contributed by atoms with Gasteiger partial charge in [-0.2, -0.15) is 0 Å². The fourth-order valence-corrected chi connectivity index (χ4v) is 2.69. The van der Waals surface area contributed by atoms with Crippen molar-refractivity contribution in [2.45, 2.75) is 6.92 Å². The number of nitrogens with one attached hydrogen (secondary N) is 1. The minimum absolute atomic E-state index is 0.182. The van der Waals surface area contributed by atoms with Gasteiger partial charge in [0.1, 0.15) is 0 Å². The Kier molecular flexibility index (Phi) is 4.27. The minimum Gasteiger partial charge on any atom is -0.399 e. The summed E-state index contributed by atoms with van der Waals surface area (Å²) in [4.78, 5) is 12.2. The molecule has 19 heavy (non-hydrogen) atoms. The third-order valence-corrected chi connectivity index (χ3v) is 3.57. The van der Waals surface area contributed by atoms with E-state index in [0.29, 0.717) is 11.3 Å². The average Bonchev–Trinajstić information content (AvgIpc) is 2.31. The van der Waals surface area contributed by atoms with Gasteiger partial charge in [0.15, 0.2) is 0 Å². The zero-order valence-corrected chi connectivity index (χ0v) is 13.4. The van der Waals surface area contributed by atoms with Gasteiger partial charge in [-0.3, -0.25) is 4.79 Å². The van der Waals surface area contributed by atoms with E-state index >= 15 is 0 Å². The summed E-state index contributed by atoms with van der Waals surface area (Å²) >= 11 is 6.72. The fraction of sp³-hybridized carbons (Fsp3) is 0.0714. The van der Waals surface area contributed by atoms with Crippen LogP contribution in [0, 0.1) is 6.92 Å². The first-order chi connectivity index (χ1) is 8.95. The van der Waals surface area contributed by atoms with Gasteiger partial charge in [-0.25, -0.2) is 0 Å². The van der Waals surface area contributed by atoms with E-state index in [9.17, 15) is 4.79 Å². The highest BCUT2D eigenvalue weighted by molar-refractivity contribution is 9.10. The van der Waals surface area contributed by atoms with Gasteiger partial charge >= 0.3 is 0 Å². The third-order valence-electron chi connectivity index (χ3n) is 2.62. The zero-order chi connectivity index (χ0) is 14.0. The van der Waals surface area contributed by atoms with E-state index in [1.807, 2.05) is 25.1 Å². The highest BCUT2D eigenvalue weighted by Gasteiger charge is 2.09. The molecule has 2 rings (SSSR count). The number of rotatable bonds is 2. The molecule has 0 aromatic heterocycles. The van der Waals surface area contributed by atoms with Crippen molar-refractivity contribution in [1.82, 2.24) is 0 Å². The maximum absolute atomic E-state index is 12.2. The molecule has 0 saturated carbocycles. The van der Waals surface area contributed by atoms with Crippen molar-refractivity contribution in [3.8, 4) is 0 Å². The van der Waals surface area contributed by atoms with Gasteiger partial charge in [0.25, 0.3) is 5.91 Å². The van der Waals surface area contributed by atoms with Crippen LogP contribution in [0.1, 0.15) is 15.9 Å². The van der Waals surface area contributed by atoms with Gasteiger partial charge in [-0.15, -0.1) is 0 Å². The van der Waals surface area contributed by atoms with Crippen LogP contribution in [0.5, 0.6) is 0 Å². The molecule has 0 atom stereocenters. The second kappa shape index (κ2) is 5.75. The van der Waals surface area contributed by atoms with Gasteiger partial charge < -0.3 is 11.1 Å². The van der Waals surface area contributed by atoms with Crippen LogP contribution < -0.4 is 11.1 Å². The van der Waals surface area contributed by atoms with E-state index in [0.717, 1.165) is 20.2 Å². The molecule has 0 unspecified atom stereocenters. The Balaban J connectivity index is 2.25. The normalized spacial score (nSPS) is 10.3. The fourth-order valence-electron chi connectivity index (χ4n) is 1.71. The van der Waals surface area contributed by atoms with Gasteiger partial charge in [0.05, 0.1) is 0 Å². The van der Waals surface area contributed by atoms with Gasteiger partial charge in [0, 0.05) is 25.9 Å². The number of hydrogen-bond donors (Lipinski definition) is 2. The SMILES string of the molecule is Cc1cc(Br)ccc1NC(=O)c1cc(N)cc(Br)c1. The Morgan fingerprint density at radius 3 is 2.47 bits per heavy atom. The molecule has 2 aromatic carbocycles. The van der Waals surface area contributed by atoms with Crippen LogP contribution in [0.15, 0.2) is 45.3 Å². The van der Waals surface area contributed by atoms with Crippen molar-refractivity contribution in [2.75, 3.05) is 11.1 Å². The van der Waals surface area contributed by atoms with E-state index in [4.69, 9.17) is 5.73 Å². The molecule has 5 heteroatoms. The summed E-state index contributed by atoms with van der Waals surface area (Å²) in [6, 6.07) is 10.8. The Labute approximate surface area is 128 Å². The summed E-state index contributed by atoms with van der Waals surface area (Å²) in [5.41, 5.74) is 8.57. The number of amides is 1. The van der Waals surface area contributed by atoms with Crippen LogP contribution in [0.4, 0.5) is 11.4 Å². The molecule has 0 saturated heterocycles. The number of hydrogen-bond acceptors (Lipinski definition) is 2. The molecule has 0 bridgehead atoms. The molecule has 1 amide bonds. The van der Waals surface area contributed by atoms with E-state index in [1.54, 1.807) is 18.2 Å². The average molecular weight is 384 g/mol. The Morgan fingerprint density at radius 1 is 1.11 bits per heavy atom. The van der Waals surface area contributed by atoms with E-state index < -0.39 is 0 Å². The molecule has 0 fully saturated rings. The second-order valence-corrected chi connectivity index (χ2v) is 6.02. The van der Waals surface area contributed by atoms with Crippen LogP contribution in [-0.2, 0) is 0 Å². The summed E-state index contributed by atoms with van der Waals surface area (Å²) in [6.07, 6.45) is 0. The summed E-state index contributed by atoms with van der Waals surface area (Å²) in [6.45, 7) is 1.94. The lowest BCUT2D eigenvalue weighted by Crippen LogP contribution is -2.13. The molecular weight excluding hydrogens is 372 g/mol. The van der Waals surface area contributed by atoms with Crippen LogP contribution in [0.25, 0.3) is 0 Å². The van der Waals surface area contributed by atoms with Crippen molar-refractivity contribution in [1.29, 1.82) is 0 Å². The largest absolute Gasteiger partial charge is 0.399 e. The van der Waals surface area contributed by atoms with Gasteiger partial charge in [-0.05, 0) is 48.9 Å². The van der Waals surface area contributed by atoms with Crippen LogP contribution >= 0.6 is 31.9 Å².